The van der Waals surface area contributed by atoms with Gasteiger partial charge < -0.3 is 15.4 Å². The van der Waals surface area contributed by atoms with E-state index in [1.807, 2.05) is 0 Å². The molecule has 0 aromatic heterocycles. The summed E-state index contributed by atoms with van der Waals surface area (Å²) in [5, 5.41) is 6.58. The van der Waals surface area contributed by atoms with Crippen LogP contribution in [0.1, 0.15) is 46.0 Å². The number of carbonyl (C=O) groups excluding carboxylic acids is 1. The Morgan fingerprint density at radius 2 is 2.00 bits per heavy atom. The minimum absolute atomic E-state index is 0.194. The molecule has 2 atom stereocenters. The van der Waals surface area contributed by atoms with E-state index in [9.17, 15) is 4.79 Å². The number of piperidine rings is 1. The van der Waals surface area contributed by atoms with E-state index in [1.54, 1.807) is 0 Å². The lowest BCUT2D eigenvalue weighted by molar-refractivity contribution is -0.122. The number of hydrogen-bond acceptors (Lipinski definition) is 3. The Bertz CT molecular complexity index is 282. The topological polar surface area (TPSA) is 50.4 Å². The van der Waals surface area contributed by atoms with Crippen molar-refractivity contribution >= 4 is 5.91 Å². The van der Waals surface area contributed by atoms with Gasteiger partial charge >= 0.3 is 0 Å². The Labute approximate surface area is 116 Å². The molecule has 2 heterocycles. The van der Waals surface area contributed by atoms with Gasteiger partial charge in [-0.3, -0.25) is 4.79 Å². The van der Waals surface area contributed by atoms with Gasteiger partial charge in [-0.1, -0.05) is 13.8 Å². The molecule has 2 saturated heterocycles. The van der Waals surface area contributed by atoms with Crippen LogP contribution >= 0.6 is 0 Å². The molecular weight excluding hydrogens is 240 g/mol. The van der Waals surface area contributed by atoms with Gasteiger partial charge in [-0.15, -0.1) is 0 Å². The quantitative estimate of drug-likeness (QED) is 0.691. The van der Waals surface area contributed by atoms with Gasteiger partial charge in [-0.25, -0.2) is 0 Å². The predicted molar refractivity (Wildman–Crippen MR) is 76.0 cm³/mol. The van der Waals surface area contributed by atoms with E-state index in [4.69, 9.17) is 4.74 Å². The second-order valence-electron chi connectivity index (χ2n) is 6.50. The third kappa shape index (κ3) is 5.11. The van der Waals surface area contributed by atoms with Crippen molar-refractivity contribution in [1.82, 2.24) is 10.6 Å². The van der Waals surface area contributed by atoms with Gasteiger partial charge in [0.15, 0.2) is 0 Å². The van der Waals surface area contributed by atoms with Crippen LogP contribution in [-0.2, 0) is 9.53 Å². The Balaban J connectivity index is 1.54. The summed E-state index contributed by atoms with van der Waals surface area (Å²) in [4.78, 5) is 11.9. The Kier molecular flexibility index (Phi) is 5.64. The maximum atomic E-state index is 11.9. The fourth-order valence-electron chi connectivity index (χ4n) is 3.26. The summed E-state index contributed by atoms with van der Waals surface area (Å²) in [6, 6.07) is 1.34. The highest BCUT2D eigenvalue weighted by Gasteiger charge is 2.33. The van der Waals surface area contributed by atoms with Crippen LogP contribution in [0.3, 0.4) is 0 Å². The van der Waals surface area contributed by atoms with Crippen molar-refractivity contribution in [2.45, 2.75) is 58.0 Å². The van der Waals surface area contributed by atoms with Crippen molar-refractivity contribution < 1.29 is 9.53 Å². The van der Waals surface area contributed by atoms with Crippen LogP contribution < -0.4 is 10.6 Å². The number of hydrogen-bond donors (Lipinski definition) is 2. The fourth-order valence-corrected chi connectivity index (χ4v) is 3.26. The Morgan fingerprint density at radius 1 is 1.32 bits per heavy atom. The highest BCUT2D eigenvalue weighted by molar-refractivity contribution is 5.76. The molecule has 1 amide bonds. The zero-order valence-corrected chi connectivity index (χ0v) is 12.3. The van der Waals surface area contributed by atoms with Crippen LogP contribution in [0, 0.1) is 11.8 Å². The van der Waals surface area contributed by atoms with Crippen molar-refractivity contribution in [2.75, 3.05) is 19.8 Å². The third-order valence-electron chi connectivity index (χ3n) is 4.06. The summed E-state index contributed by atoms with van der Waals surface area (Å²) >= 11 is 0. The van der Waals surface area contributed by atoms with E-state index in [-0.39, 0.29) is 5.91 Å². The molecule has 0 aliphatic carbocycles. The Morgan fingerprint density at radius 3 is 2.63 bits per heavy atom. The monoisotopic (exact) mass is 268 g/mol. The number of ether oxygens (including phenoxy) is 1. The summed E-state index contributed by atoms with van der Waals surface area (Å²) in [6.45, 7) is 6.30. The van der Waals surface area contributed by atoms with E-state index >= 15 is 0 Å². The minimum atomic E-state index is 0.194. The second kappa shape index (κ2) is 7.25. The Hall–Kier alpha value is -0.610. The molecule has 2 aliphatic heterocycles. The van der Waals surface area contributed by atoms with Gasteiger partial charge in [-0.05, 0) is 37.5 Å². The molecule has 110 valence electrons. The largest absolute Gasteiger partial charge is 0.379 e. The molecule has 2 N–H and O–H groups in total. The van der Waals surface area contributed by atoms with Crippen LogP contribution in [0.15, 0.2) is 0 Å². The van der Waals surface area contributed by atoms with Gasteiger partial charge in [0.1, 0.15) is 0 Å². The molecule has 2 unspecified atom stereocenters. The number of carbonyl (C=O) groups is 1. The van der Waals surface area contributed by atoms with Gasteiger partial charge in [0, 0.05) is 31.7 Å². The molecule has 0 spiro atoms. The van der Waals surface area contributed by atoms with Gasteiger partial charge in [0.2, 0.25) is 5.91 Å². The van der Waals surface area contributed by atoms with E-state index in [0.717, 1.165) is 6.61 Å². The maximum absolute atomic E-state index is 11.9. The summed E-state index contributed by atoms with van der Waals surface area (Å²) in [6.07, 6.45) is 5.64. The predicted octanol–water partition coefficient (Wildman–Crippen LogP) is 1.70. The maximum Gasteiger partial charge on any atom is 0.220 e. The zero-order chi connectivity index (χ0) is 13.7. The summed E-state index contributed by atoms with van der Waals surface area (Å²) < 4.78 is 5.45. The fraction of sp³-hybridized carbons (Fsp3) is 0.933. The van der Waals surface area contributed by atoms with Gasteiger partial charge in [0.25, 0.3) is 0 Å². The highest BCUT2D eigenvalue weighted by Crippen LogP contribution is 2.32. The molecule has 2 fully saturated rings. The number of rotatable bonds is 7. The summed E-state index contributed by atoms with van der Waals surface area (Å²) in [5.41, 5.74) is 0. The first-order chi connectivity index (χ1) is 9.13. The molecule has 2 aliphatic rings. The molecule has 0 radical (unpaired) electrons. The summed E-state index contributed by atoms with van der Waals surface area (Å²) in [5.74, 6) is 1.33. The average Bonchev–Trinajstić information content (AvgIpc) is 2.68. The van der Waals surface area contributed by atoms with Crippen molar-refractivity contribution in [3.05, 3.63) is 0 Å². The summed E-state index contributed by atoms with van der Waals surface area (Å²) in [7, 11) is 0. The highest BCUT2D eigenvalue weighted by atomic mass is 16.5. The normalized spacial score (nSPS) is 29.7. The van der Waals surface area contributed by atoms with E-state index in [1.165, 1.54) is 25.7 Å². The van der Waals surface area contributed by atoms with E-state index < -0.39 is 0 Å². The standard InChI is InChI=1S/C15H28N2O2/c1-11(2)10-19-6-5-16-15(18)9-12-7-13-3-4-14(8-12)17-13/h11-14,17H,3-10H2,1-2H3,(H,16,18). The first-order valence-corrected chi connectivity index (χ1v) is 7.74. The van der Waals surface area contributed by atoms with Crippen LogP contribution in [0.2, 0.25) is 0 Å². The molecule has 0 saturated carbocycles. The third-order valence-corrected chi connectivity index (χ3v) is 4.06. The van der Waals surface area contributed by atoms with Gasteiger partial charge in [-0.2, -0.15) is 0 Å². The lowest BCUT2D eigenvalue weighted by atomic mass is 9.89. The molecule has 2 bridgehead atoms. The molecule has 0 aromatic rings. The second-order valence-corrected chi connectivity index (χ2v) is 6.50. The molecule has 19 heavy (non-hydrogen) atoms. The van der Waals surface area contributed by atoms with Gasteiger partial charge in [0.05, 0.1) is 6.61 Å². The van der Waals surface area contributed by atoms with Crippen molar-refractivity contribution in [1.29, 1.82) is 0 Å². The minimum Gasteiger partial charge on any atom is -0.379 e. The van der Waals surface area contributed by atoms with Crippen LogP contribution in [0.5, 0.6) is 0 Å². The van der Waals surface area contributed by atoms with E-state index in [2.05, 4.69) is 24.5 Å². The molecular formula is C15H28N2O2. The molecule has 4 heteroatoms. The lowest BCUT2D eigenvalue weighted by Crippen LogP contribution is -2.40. The first kappa shape index (κ1) is 14.8. The average molecular weight is 268 g/mol. The van der Waals surface area contributed by atoms with E-state index in [0.29, 0.717) is 43.5 Å². The zero-order valence-electron chi connectivity index (χ0n) is 12.3. The van der Waals surface area contributed by atoms with Crippen LogP contribution in [0.4, 0.5) is 0 Å². The lowest BCUT2D eigenvalue weighted by Gasteiger charge is -2.28. The van der Waals surface area contributed by atoms with Crippen molar-refractivity contribution in [3.8, 4) is 0 Å². The SMILES string of the molecule is CC(C)COCCNC(=O)CC1CC2CCC(C1)N2. The molecule has 4 nitrogen and oxygen atoms in total. The molecule has 2 rings (SSSR count). The smallest absolute Gasteiger partial charge is 0.220 e. The van der Waals surface area contributed by atoms with Crippen LogP contribution in [-0.4, -0.2) is 37.7 Å². The first-order valence-electron chi connectivity index (χ1n) is 7.74. The molecule has 0 aromatic carbocycles. The van der Waals surface area contributed by atoms with Crippen molar-refractivity contribution in [2.24, 2.45) is 11.8 Å². The number of fused-ring (bicyclic) bond motifs is 2. The van der Waals surface area contributed by atoms with Crippen molar-refractivity contribution in [3.63, 3.8) is 0 Å². The van der Waals surface area contributed by atoms with Crippen LogP contribution in [0.25, 0.3) is 0 Å². The number of amides is 1. The number of nitrogens with one attached hydrogen (secondary N) is 2.